The summed E-state index contributed by atoms with van der Waals surface area (Å²) in [7, 11) is -8.61. The average Bonchev–Trinajstić information content (AvgIpc) is 3.11. The number of rotatable bonds is 26. The molecule has 34 heteroatoms. The van der Waals surface area contributed by atoms with Crippen LogP contribution in [0.15, 0.2) is 125 Å². The Morgan fingerprint density at radius 2 is 0.989 bits per heavy atom. The molecule has 0 amide bonds. The minimum absolute atomic E-state index is 0.0412. The van der Waals surface area contributed by atoms with Crippen molar-refractivity contribution in [1.82, 2.24) is 23.7 Å². The van der Waals surface area contributed by atoms with E-state index in [2.05, 4.69) is 49.5 Å². The molecule has 0 fully saturated rings. The highest BCUT2D eigenvalue weighted by atomic mass is 32.2. The van der Waals surface area contributed by atoms with E-state index in [1.807, 2.05) is 37.5 Å². The van der Waals surface area contributed by atoms with Gasteiger partial charge in [0, 0.05) is 44.1 Å². The van der Waals surface area contributed by atoms with Gasteiger partial charge in [0.15, 0.2) is 15.2 Å². The lowest BCUT2D eigenvalue weighted by atomic mass is 10.1. The molecule has 88 heavy (non-hydrogen) atoms. The summed E-state index contributed by atoms with van der Waals surface area (Å²) in [6.45, 7) is 26.3. The van der Waals surface area contributed by atoms with Gasteiger partial charge in [-0.25, -0.2) is 18.4 Å². The van der Waals surface area contributed by atoms with Crippen molar-refractivity contribution in [3.63, 3.8) is 0 Å². The molecule has 0 radical (unpaired) electrons. The zero-order valence-corrected chi connectivity index (χ0v) is 52.7. The molecular weight excluding hydrogens is 1260 g/mol. The normalized spacial score (nSPS) is 11.8. The summed E-state index contributed by atoms with van der Waals surface area (Å²) in [5, 5.41) is 24.8. The van der Waals surface area contributed by atoms with Crippen molar-refractivity contribution >= 4 is 133 Å². The lowest BCUT2D eigenvalue weighted by Crippen LogP contribution is -2.22. The van der Waals surface area contributed by atoms with Crippen molar-refractivity contribution in [2.24, 2.45) is 20.5 Å². The Morgan fingerprint density at radius 1 is 0.557 bits per heavy atom. The highest BCUT2D eigenvalue weighted by Crippen LogP contribution is 2.48. The maximum Gasteiger partial charge on any atom is 0.298 e. The number of benzene rings is 5. The molecule has 3 aromatic heterocycles. The van der Waals surface area contributed by atoms with E-state index in [4.69, 9.17) is 47.0 Å². The summed E-state index contributed by atoms with van der Waals surface area (Å²) >= 11 is 2.71. The predicted octanol–water partition coefficient (Wildman–Crippen LogP) is 13.3. The molecule has 0 saturated carbocycles. The Bertz CT molecular complexity index is 4210. The van der Waals surface area contributed by atoms with Crippen LogP contribution in [-0.2, 0) is 36.1 Å². The molecule has 0 saturated heterocycles. The first-order valence-electron chi connectivity index (χ1n) is 25.9. The van der Waals surface area contributed by atoms with E-state index >= 15 is 0 Å². The summed E-state index contributed by atoms with van der Waals surface area (Å²) in [5.41, 5.74) is 2.92. The van der Waals surface area contributed by atoms with Gasteiger partial charge in [-0.15, -0.1) is 20.5 Å². The van der Waals surface area contributed by atoms with Crippen molar-refractivity contribution in [3.05, 3.63) is 113 Å². The molecule has 0 aliphatic carbocycles. The number of ether oxygens (including phenoxy) is 4. The molecular formula is C54H53N15O13S6. The van der Waals surface area contributed by atoms with E-state index in [-0.39, 0.29) is 106 Å². The number of methoxy groups -OCH3 is 4. The monoisotopic (exact) mass is 1310 g/mol. The van der Waals surface area contributed by atoms with Crippen LogP contribution in [0.5, 0.6) is 23.0 Å². The van der Waals surface area contributed by atoms with E-state index in [1.54, 1.807) is 30.3 Å². The summed E-state index contributed by atoms with van der Waals surface area (Å²) in [6.07, 6.45) is 0. The molecule has 0 bridgehead atoms. The van der Waals surface area contributed by atoms with Crippen LogP contribution < -0.4 is 39.4 Å². The molecule has 0 atom stereocenters. The van der Waals surface area contributed by atoms with Crippen molar-refractivity contribution in [1.29, 1.82) is 0 Å². The first kappa shape index (κ1) is 65.0. The second-order valence-corrected chi connectivity index (χ2v) is 24.7. The lowest BCUT2D eigenvalue weighted by Gasteiger charge is -2.25. The molecule has 5 aromatic carbocycles. The fraction of sp³-hybridized carbons (Fsp3) is 0.241. The first-order chi connectivity index (χ1) is 42.0. The maximum absolute atomic E-state index is 12.3. The molecule has 5 N–H and O–H groups in total. The number of thioether (sulfide) groups is 1. The second-order valence-electron chi connectivity index (χ2n) is 18.0. The van der Waals surface area contributed by atoms with Crippen LogP contribution in [0.2, 0.25) is 0 Å². The van der Waals surface area contributed by atoms with E-state index in [1.165, 1.54) is 70.9 Å². The lowest BCUT2D eigenvalue weighted by molar-refractivity contribution is 0.397. The fourth-order valence-electron chi connectivity index (χ4n) is 8.66. The summed E-state index contributed by atoms with van der Waals surface area (Å²) in [4.78, 5) is 24.4. The first-order valence-corrected chi connectivity index (χ1v) is 32.7. The standard InChI is InChI=1S/C54H53N15O13S6/c1-11-68(12-2)38-25-34(36(27-42(38)81-9)62-64-50-48(55-5)46(66-84-50)31-18-20-40(79-7)44(23-31)87(73,74)75)57-52-59-53(61-54(60-52)83-29-30-16-15-17-33(22-30)86(70,71)72)58-35-26-39(69(13-3)14-4)43(82-10)28-37(35)63-65-51-49(56-6)47(67-85-51)32-19-21-41(80-8)45(24-32)88(76,77)78/h15-28H,11-14,29H2,1-4,7-10H3,(H,70,71,72)(H,73,74,75)(H,76,77,78)(H2,57,58,59,60,61)/b64-62+,65-63+. The van der Waals surface area contributed by atoms with Gasteiger partial charge in [0.2, 0.25) is 11.9 Å². The van der Waals surface area contributed by atoms with Gasteiger partial charge in [-0.3, -0.25) is 13.7 Å². The number of anilines is 6. The zero-order chi connectivity index (χ0) is 63.7. The van der Waals surface area contributed by atoms with Crippen molar-refractivity contribution in [2.45, 2.75) is 53.3 Å². The quantitative estimate of drug-likeness (QED) is 0.0145. The number of nitrogens with one attached hydrogen (secondary N) is 2. The molecule has 0 aliphatic rings. The Kier molecular flexibility index (Phi) is 20.5. The molecule has 28 nitrogen and oxygen atoms in total. The molecule has 3 heterocycles. The minimum atomic E-state index is -4.75. The van der Waals surface area contributed by atoms with Crippen LogP contribution in [0.1, 0.15) is 33.3 Å². The van der Waals surface area contributed by atoms with Crippen molar-refractivity contribution < 1.29 is 57.9 Å². The Hall–Kier alpha value is -8.97. The summed E-state index contributed by atoms with van der Waals surface area (Å²) < 4.78 is 134. The van der Waals surface area contributed by atoms with Crippen LogP contribution in [0, 0.1) is 13.1 Å². The van der Waals surface area contributed by atoms with Crippen molar-refractivity contribution in [2.75, 3.05) is 75.1 Å². The number of aromatic nitrogens is 5. The number of azo groups is 2. The molecule has 8 aromatic rings. The Morgan fingerprint density at radius 3 is 1.36 bits per heavy atom. The molecule has 0 spiro atoms. The summed E-state index contributed by atoms with van der Waals surface area (Å²) in [5.74, 6) is 0.499. The Labute approximate surface area is 518 Å². The molecule has 0 unspecified atom stereocenters. The van der Waals surface area contributed by atoms with Gasteiger partial charge in [0.1, 0.15) is 44.2 Å². The van der Waals surface area contributed by atoms with E-state index in [0.717, 1.165) is 47.0 Å². The van der Waals surface area contributed by atoms with Gasteiger partial charge < -0.3 is 39.4 Å². The van der Waals surface area contributed by atoms with Crippen LogP contribution in [0.25, 0.3) is 32.2 Å². The highest BCUT2D eigenvalue weighted by Gasteiger charge is 2.26. The Balaban J connectivity index is 1.26. The van der Waals surface area contributed by atoms with Crippen LogP contribution in [0.4, 0.5) is 67.4 Å². The zero-order valence-electron chi connectivity index (χ0n) is 47.8. The van der Waals surface area contributed by atoms with E-state index in [0.29, 0.717) is 54.6 Å². The smallest absolute Gasteiger partial charge is 0.298 e. The van der Waals surface area contributed by atoms with E-state index in [9.17, 15) is 38.9 Å². The van der Waals surface area contributed by atoms with E-state index < -0.39 is 40.1 Å². The van der Waals surface area contributed by atoms with Gasteiger partial charge in [0.05, 0.1) is 80.6 Å². The van der Waals surface area contributed by atoms with Gasteiger partial charge in [-0.1, -0.05) is 36.0 Å². The number of hydrogen-bond acceptors (Lipinski definition) is 26. The molecule has 458 valence electrons. The predicted molar refractivity (Wildman–Crippen MR) is 334 cm³/mol. The van der Waals surface area contributed by atoms with Crippen LogP contribution >= 0.6 is 34.8 Å². The molecule has 8 rings (SSSR count). The van der Waals surface area contributed by atoms with Crippen molar-refractivity contribution in [3.8, 4) is 45.5 Å². The third kappa shape index (κ3) is 14.7. The number of hydrogen-bond donors (Lipinski definition) is 5. The molecule has 0 aliphatic heterocycles. The average molecular weight is 1310 g/mol. The largest absolute Gasteiger partial charge is 0.495 e. The topological polar surface area (TPSA) is 353 Å². The van der Waals surface area contributed by atoms with Gasteiger partial charge in [-0.2, -0.15) is 40.2 Å². The SMILES string of the molecule is [C-]#[N+]c1c(-c2ccc(OC)c(S(=O)(=O)O)c2)nsc1/N=N/c1cc(OC)c(N(CC)CC)cc1Nc1nc(Nc2cc(N(CC)CC)c(OC)cc2/N=N/c2snc(-c3ccc(OC)c(S(=O)(=O)O)c3)c2[N+]#[C-])nc(SCc2cccc(S(=O)(=O)O)c2)n1. The minimum Gasteiger partial charge on any atom is -0.495 e. The maximum atomic E-state index is 12.3. The van der Waals surface area contributed by atoms with Crippen LogP contribution in [-0.4, -0.2) is 117 Å². The third-order valence-corrected chi connectivity index (χ3v) is 17.9. The van der Waals surface area contributed by atoms with Crippen LogP contribution in [0.3, 0.4) is 0 Å². The van der Waals surface area contributed by atoms with Gasteiger partial charge >= 0.3 is 0 Å². The third-order valence-electron chi connectivity index (χ3n) is 12.9. The van der Waals surface area contributed by atoms with Gasteiger partial charge in [0.25, 0.3) is 41.7 Å². The highest BCUT2D eigenvalue weighted by molar-refractivity contribution is 7.98. The van der Waals surface area contributed by atoms with Gasteiger partial charge in [-0.05, 0) is 116 Å². The summed E-state index contributed by atoms with van der Waals surface area (Å²) in [6, 6.07) is 20.3. The second kappa shape index (κ2) is 27.8. The number of nitrogens with zero attached hydrogens (tertiary/aromatic N) is 13. The fourth-order valence-corrected chi connectivity index (χ4v) is 12.7.